The van der Waals surface area contributed by atoms with Gasteiger partial charge in [-0.1, -0.05) is 19.1 Å². The van der Waals surface area contributed by atoms with Gasteiger partial charge in [-0.15, -0.1) is 12.4 Å². The minimum Gasteiger partial charge on any atom is -0.481 e. The van der Waals surface area contributed by atoms with Gasteiger partial charge in [0.25, 0.3) is 0 Å². The summed E-state index contributed by atoms with van der Waals surface area (Å²) in [6.07, 6.45) is 6.12. The van der Waals surface area contributed by atoms with Crippen LogP contribution in [-0.2, 0) is 9.59 Å². The van der Waals surface area contributed by atoms with E-state index in [2.05, 4.69) is 0 Å². The van der Waals surface area contributed by atoms with Gasteiger partial charge in [0.15, 0.2) is 0 Å². The number of carbonyl (C=O) groups is 2. The maximum atomic E-state index is 11.0. The molecule has 0 heterocycles. The Morgan fingerprint density at radius 2 is 2.00 bits per heavy atom. The van der Waals surface area contributed by atoms with Crippen LogP contribution in [0.25, 0.3) is 0 Å². The number of aliphatic carboxylic acids is 1. The Bertz CT molecular complexity index is 241. The van der Waals surface area contributed by atoms with Crippen LogP contribution in [0, 0.1) is 5.92 Å². The Morgan fingerprint density at radius 3 is 2.44 bits per heavy atom. The number of carboxylic acids is 1. The summed E-state index contributed by atoms with van der Waals surface area (Å²) in [7, 11) is 0. The maximum Gasteiger partial charge on any atom is 0.306 e. The van der Waals surface area contributed by atoms with E-state index >= 15 is 0 Å². The Hall–Kier alpha value is -0.870. The first-order chi connectivity index (χ1) is 7.11. The monoisotopic (exact) mass is 249 g/mol. The van der Waals surface area contributed by atoms with Crippen LogP contribution < -0.4 is 5.73 Å². The molecule has 0 radical (unpaired) electrons. The smallest absolute Gasteiger partial charge is 0.306 e. The quantitative estimate of drug-likeness (QED) is 0.643. The third kappa shape index (κ3) is 8.44. The number of rotatable bonds is 8. The minimum atomic E-state index is -0.915. The summed E-state index contributed by atoms with van der Waals surface area (Å²) in [5.41, 5.74) is 5.14. The number of carboxylic acid groups (broad SMARTS) is 1. The normalized spacial score (nSPS) is 12.1. The molecule has 0 aliphatic heterocycles. The Kier molecular flexibility index (Phi) is 11.7. The van der Waals surface area contributed by atoms with Crippen LogP contribution in [0.4, 0.5) is 0 Å². The van der Waals surface area contributed by atoms with Crippen LogP contribution in [0.15, 0.2) is 12.2 Å². The predicted octanol–water partition coefficient (Wildman–Crippen LogP) is 1.77. The minimum absolute atomic E-state index is 0. The van der Waals surface area contributed by atoms with E-state index in [0.717, 1.165) is 6.42 Å². The molecule has 0 aromatic carbocycles. The molecule has 3 N–H and O–H groups in total. The first-order valence-corrected chi connectivity index (χ1v) is 5.21. The molecule has 0 fully saturated rings. The summed E-state index contributed by atoms with van der Waals surface area (Å²) in [6.45, 7) is 1.94. The lowest BCUT2D eigenvalue weighted by molar-refractivity contribution is -0.143. The lowest BCUT2D eigenvalue weighted by Crippen LogP contribution is -2.22. The first kappa shape index (κ1) is 17.5. The van der Waals surface area contributed by atoms with E-state index < -0.39 is 11.9 Å². The molecule has 0 aromatic rings. The topological polar surface area (TPSA) is 80.4 Å². The van der Waals surface area contributed by atoms with Crippen molar-refractivity contribution in [2.75, 3.05) is 6.54 Å². The predicted molar refractivity (Wildman–Crippen MR) is 65.7 cm³/mol. The highest BCUT2D eigenvalue weighted by molar-refractivity contribution is 5.85. The SMILES string of the molecule is CC/C=C\CCC(CC(=O)CN)C(=O)O.Cl. The molecule has 1 unspecified atom stereocenters. The highest BCUT2D eigenvalue weighted by Crippen LogP contribution is 2.12. The summed E-state index contributed by atoms with van der Waals surface area (Å²) in [5, 5.41) is 8.86. The lowest BCUT2D eigenvalue weighted by Gasteiger charge is -2.08. The molecule has 0 spiro atoms. The second kappa shape index (κ2) is 10.6. The van der Waals surface area contributed by atoms with Gasteiger partial charge in [-0.25, -0.2) is 0 Å². The van der Waals surface area contributed by atoms with Gasteiger partial charge < -0.3 is 10.8 Å². The molecule has 16 heavy (non-hydrogen) atoms. The zero-order valence-corrected chi connectivity index (χ0v) is 10.3. The molecule has 0 bridgehead atoms. The Balaban J connectivity index is 0. The van der Waals surface area contributed by atoms with Gasteiger partial charge in [0.1, 0.15) is 5.78 Å². The Labute approximate surface area is 102 Å². The molecule has 5 heteroatoms. The van der Waals surface area contributed by atoms with Crippen LogP contribution in [0.3, 0.4) is 0 Å². The molecule has 0 amide bonds. The van der Waals surface area contributed by atoms with Crippen molar-refractivity contribution < 1.29 is 14.7 Å². The number of allylic oxidation sites excluding steroid dienone is 2. The third-order valence-corrected chi connectivity index (χ3v) is 2.14. The lowest BCUT2D eigenvalue weighted by atomic mass is 9.97. The van der Waals surface area contributed by atoms with Crippen LogP contribution in [0.2, 0.25) is 0 Å². The second-order valence-corrected chi connectivity index (χ2v) is 3.44. The zero-order valence-electron chi connectivity index (χ0n) is 9.52. The van der Waals surface area contributed by atoms with Gasteiger partial charge in [-0.05, 0) is 19.3 Å². The van der Waals surface area contributed by atoms with Crippen molar-refractivity contribution in [1.82, 2.24) is 0 Å². The van der Waals surface area contributed by atoms with Gasteiger partial charge >= 0.3 is 5.97 Å². The van der Waals surface area contributed by atoms with Crippen molar-refractivity contribution in [3.8, 4) is 0 Å². The number of hydrogen-bond donors (Lipinski definition) is 2. The largest absolute Gasteiger partial charge is 0.481 e. The van der Waals surface area contributed by atoms with Crippen molar-refractivity contribution in [3.05, 3.63) is 12.2 Å². The van der Waals surface area contributed by atoms with E-state index in [0.29, 0.717) is 12.8 Å². The van der Waals surface area contributed by atoms with Crippen LogP contribution in [-0.4, -0.2) is 23.4 Å². The van der Waals surface area contributed by atoms with Crippen molar-refractivity contribution >= 4 is 24.2 Å². The molecule has 0 saturated carbocycles. The van der Waals surface area contributed by atoms with E-state index in [1.54, 1.807) is 0 Å². The molecular weight excluding hydrogens is 230 g/mol. The number of Topliss-reactive ketones (excluding diaryl/α,β-unsaturated/α-hetero) is 1. The van der Waals surface area contributed by atoms with Crippen LogP contribution in [0.1, 0.15) is 32.6 Å². The second-order valence-electron chi connectivity index (χ2n) is 3.44. The van der Waals surface area contributed by atoms with E-state index in [1.165, 1.54) is 0 Å². The number of halogens is 1. The first-order valence-electron chi connectivity index (χ1n) is 5.21. The fraction of sp³-hybridized carbons (Fsp3) is 0.636. The average molecular weight is 250 g/mol. The summed E-state index contributed by atoms with van der Waals surface area (Å²) in [4.78, 5) is 21.8. The molecule has 0 saturated heterocycles. The number of carbonyl (C=O) groups excluding carboxylic acids is 1. The molecule has 0 aliphatic rings. The summed E-state index contributed by atoms with van der Waals surface area (Å²) in [5.74, 6) is -1.70. The van der Waals surface area contributed by atoms with E-state index in [1.807, 2.05) is 19.1 Å². The van der Waals surface area contributed by atoms with E-state index in [-0.39, 0.29) is 31.2 Å². The highest BCUT2D eigenvalue weighted by Gasteiger charge is 2.19. The molecule has 0 aliphatic carbocycles. The summed E-state index contributed by atoms with van der Waals surface area (Å²) in [6, 6.07) is 0. The van der Waals surface area contributed by atoms with Gasteiger partial charge in [0, 0.05) is 6.42 Å². The van der Waals surface area contributed by atoms with Gasteiger partial charge in [-0.3, -0.25) is 9.59 Å². The number of hydrogen-bond acceptors (Lipinski definition) is 3. The molecule has 94 valence electrons. The van der Waals surface area contributed by atoms with Gasteiger partial charge in [0.05, 0.1) is 12.5 Å². The molecular formula is C11H20ClNO3. The van der Waals surface area contributed by atoms with Crippen molar-refractivity contribution in [3.63, 3.8) is 0 Å². The third-order valence-electron chi connectivity index (χ3n) is 2.14. The number of nitrogens with two attached hydrogens (primary N) is 1. The average Bonchev–Trinajstić information content (AvgIpc) is 2.21. The maximum absolute atomic E-state index is 11.0. The van der Waals surface area contributed by atoms with Crippen molar-refractivity contribution in [1.29, 1.82) is 0 Å². The molecule has 4 nitrogen and oxygen atoms in total. The summed E-state index contributed by atoms with van der Waals surface area (Å²) < 4.78 is 0. The van der Waals surface area contributed by atoms with Gasteiger partial charge in [0.2, 0.25) is 0 Å². The fourth-order valence-corrected chi connectivity index (χ4v) is 1.25. The molecule has 0 aromatic heterocycles. The Morgan fingerprint density at radius 1 is 1.38 bits per heavy atom. The number of ketones is 1. The zero-order chi connectivity index (χ0) is 11.7. The van der Waals surface area contributed by atoms with Crippen LogP contribution >= 0.6 is 12.4 Å². The molecule has 0 rings (SSSR count). The highest BCUT2D eigenvalue weighted by atomic mass is 35.5. The van der Waals surface area contributed by atoms with E-state index in [4.69, 9.17) is 10.8 Å². The standard InChI is InChI=1S/C11H19NO3.ClH/c1-2-3-4-5-6-9(11(14)15)7-10(13)8-12;/h3-4,9H,2,5-8,12H2,1H3,(H,14,15);1H/b4-3-;. The summed E-state index contributed by atoms with van der Waals surface area (Å²) >= 11 is 0. The molecule has 1 atom stereocenters. The van der Waals surface area contributed by atoms with Crippen molar-refractivity contribution in [2.45, 2.75) is 32.6 Å². The van der Waals surface area contributed by atoms with E-state index in [9.17, 15) is 9.59 Å². The van der Waals surface area contributed by atoms with Gasteiger partial charge in [-0.2, -0.15) is 0 Å². The van der Waals surface area contributed by atoms with Crippen LogP contribution in [0.5, 0.6) is 0 Å². The fourth-order valence-electron chi connectivity index (χ4n) is 1.25. The van der Waals surface area contributed by atoms with Crippen molar-refractivity contribution in [2.24, 2.45) is 11.7 Å².